The fourth-order valence-electron chi connectivity index (χ4n) is 1.64. The van der Waals surface area contributed by atoms with E-state index in [-0.39, 0.29) is 11.4 Å². The van der Waals surface area contributed by atoms with Crippen LogP contribution in [0.1, 0.15) is 15.9 Å². The van der Waals surface area contributed by atoms with E-state index in [9.17, 15) is 14.9 Å². The van der Waals surface area contributed by atoms with Crippen LogP contribution < -0.4 is 4.74 Å². The molecule has 2 aromatic rings. The number of hydrogen-bond donors (Lipinski definition) is 0. The SMILES string of the molecule is Cc1ccc([N+](=O)[O-])c(Oc2ccccc2C=O)c1. The van der Waals surface area contributed by atoms with E-state index in [4.69, 9.17) is 4.74 Å². The molecule has 0 aliphatic carbocycles. The minimum absolute atomic E-state index is 0.124. The summed E-state index contributed by atoms with van der Waals surface area (Å²) in [5.74, 6) is 0.422. The highest BCUT2D eigenvalue weighted by Crippen LogP contribution is 2.33. The van der Waals surface area contributed by atoms with Crippen molar-refractivity contribution in [2.45, 2.75) is 6.92 Å². The third kappa shape index (κ3) is 2.77. The van der Waals surface area contributed by atoms with Crippen molar-refractivity contribution in [3.05, 3.63) is 63.7 Å². The molecule has 0 aliphatic heterocycles. The van der Waals surface area contributed by atoms with Crippen LogP contribution in [0.5, 0.6) is 11.5 Å². The Morgan fingerprint density at radius 1 is 1.16 bits per heavy atom. The van der Waals surface area contributed by atoms with Crippen molar-refractivity contribution < 1.29 is 14.5 Å². The molecule has 0 saturated carbocycles. The van der Waals surface area contributed by atoms with Gasteiger partial charge in [0.15, 0.2) is 6.29 Å². The summed E-state index contributed by atoms with van der Waals surface area (Å²) >= 11 is 0. The summed E-state index contributed by atoms with van der Waals surface area (Å²) in [5.41, 5.74) is 1.05. The molecule has 0 amide bonds. The molecular formula is C14H11NO4. The van der Waals surface area contributed by atoms with Crippen molar-refractivity contribution in [3.8, 4) is 11.5 Å². The van der Waals surface area contributed by atoms with Crippen molar-refractivity contribution in [1.82, 2.24) is 0 Å². The van der Waals surface area contributed by atoms with E-state index in [0.717, 1.165) is 5.56 Å². The van der Waals surface area contributed by atoms with Crippen molar-refractivity contribution in [1.29, 1.82) is 0 Å². The Hall–Kier alpha value is -2.69. The molecule has 0 radical (unpaired) electrons. The van der Waals surface area contributed by atoms with Gasteiger partial charge in [-0.3, -0.25) is 14.9 Å². The maximum Gasteiger partial charge on any atom is 0.311 e. The zero-order valence-corrected chi connectivity index (χ0v) is 10.2. The number of aryl methyl sites for hydroxylation is 1. The van der Waals surface area contributed by atoms with Gasteiger partial charge in [0.1, 0.15) is 5.75 Å². The maximum absolute atomic E-state index is 10.9. The Bertz CT molecular complexity index is 637. The number of nitro groups is 1. The van der Waals surface area contributed by atoms with Crippen molar-refractivity contribution in [2.75, 3.05) is 0 Å². The lowest BCUT2D eigenvalue weighted by Gasteiger charge is -2.08. The van der Waals surface area contributed by atoms with Gasteiger partial charge < -0.3 is 4.74 Å². The van der Waals surface area contributed by atoms with Crippen molar-refractivity contribution in [2.24, 2.45) is 0 Å². The van der Waals surface area contributed by atoms with Crippen molar-refractivity contribution in [3.63, 3.8) is 0 Å². The molecule has 5 nitrogen and oxygen atoms in total. The summed E-state index contributed by atoms with van der Waals surface area (Å²) in [6.07, 6.45) is 0.650. The van der Waals surface area contributed by atoms with E-state index in [1.807, 2.05) is 6.92 Å². The van der Waals surface area contributed by atoms with Gasteiger partial charge in [-0.2, -0.15) is 0 Å². The topological polar surface area (TPSA) is 69.4 Å². The summed E-state index contributed by atoms with van der Waals surface area (Å²) in [6, 6.07) is 11.2. The highest BCUT2D eigenvalue weighted by atomic mass is 16.6. The Balaban J connectivity index is 2.45. The first-order valence-corrected chi connectivity index (χ1v) is 5.59. The molecule has 2 rings (SSSR count). The smallest absolute Gasteiger partial charge is 0.311 e. The number of benzene rings is 2. The van der Waals surface area contributed by atoms with E-state index < -0.39 is 4.92 Å². The van der Waals surface area contributed by atoms with Gasteiger partial charge in [-0.25, -0.2) is 0 Å². The highest BCUT2D eigenvalue weighted by molar-refractivity contribution is 5.79. The van der Waals surface area contributed by atoms with Gasteiger partial charge in [0, 0.05) is 6.07 Å². The van der Waals surface area contributed by atoms with Gasteiger partial charge in [0.25, 0.3) is 0 Å². The van der Waals surface area contributed by atoms with Gasteiger partial charge in [0.05, 0.1) is 10.5 Å². The fraction of sp³-hybridized carbons (Fsp3) is 0.0714. The maximum atomic E-state index is 10.9. The Morgan fingerprint density at radius 3 is 2.58 bits per heavy atom. The number of rotatable bonds is 4. The fourth-order valence-corrected chi connectivity index (χ4v) is 1.64. The average Bonchev–Trinajstić information content (AvgIpc) is 2.39. The van der Waals surface area contributed by atoms with Crippen LogP contribution in [0.25, 0.3) is 0 Å². The van der Waals surface area contributed by atoms with Crippen LogP contribution in [0.15, 0.2) is 42.5 Å². The largest absolute Gasteiger partial charge is 0.449 e. The zero-order chi connectivity index (χ0) is 13.8. The quantitative estimate of drug-likeness (QED) is 0.477. The number of aldehydes is 1. The molecule has 2 aromatic carbocycles. The molecule has 0 atom stereocenters. The molecule has 0 N–H and O–H groups in total. The minimum Gasteiger partial charge on any atom is -0.449 e. The van der Waals surface area contributed by atoms with Crippen LogP contribution in [-0.2, 0) is 0 Å². The second-order valence-electron chi connectivity index (χ2n) is 3.99. The van der Waals surface area contributed by atoms with Crippen LogP contribution >= 0.6 is 0 Å². The molecule has 96 valence electrons. The number of carbonyl (C=O) groups is 1. The molecule has 0 spiro atoms. The molecular weight excluding hydrogens is 246 g/mol. The third-order valence-electron chi connectivity index (χ3n) is 2.58. The van der Waals surface area contributed by atoms with Gasteiger partial charge in [0.2, 0.25) is 5.75 Å². The molecule has 0 saturated heterocycles. The summed E-state index contributed by atoms with van der Waals surface area (Å²) in [6.45, 7) is 1.81. The van der Waals surface area contributed by atoms with Gasteiger partial charge in [-0.15, -0.1) is 0 Å². The lowest BCUT2D eigenvalue weighted by molar-refractivity contribution is -0.385. The van der Waals surface area contributed by atoms with Crippen LogP contribution in [0.4, 0.5) is 5.69 Å². The Morgan fingerprint density at radius 2 is 1.89 bits per heavy atom. The zero-order valence-electron chi connectivity index (χ0n) is 10.2. The van der Waals surface area contributed by atoms with Gasteiger partial charge in [-0.05, 0) is 30.7 Å². The number of carbonyl (C=O) groups excluding carboxylic acids is 1. The number of ether oxygens (including phenoxy) is 1. The highest BCUT2D eigenvalue weighted by Gasteiger charge is 2.16. The van der Waals surface area contributed by atoms with Crippen molar-refractivity contribution >= 4 is 12.0 Å². The molecule has 0 fully saturated rings. The van der Waals surface area contributed by atoms with Crippen LogP contribution in [0.3, 0.4) is 0 Å². The normalized spacial score (nSPS) is 9.95. The molecule has 0 unspecified atom stereocenters. The second kappa shape index (κ2) is 5.30. The second-order valence-corrected chi connectivity index (χ2v) is 3.99. The number of hydrogen-bond acceptors (Lipinski definition) is 4. The summed E-state index contributed by atoms with van der Waals surface area (Å²) in [5, 5.41) is 10.9. The first kappa shape index (κ1) is 12.8. The van der Waals surface area contributed by atoms with E-state index in [0.29, 0.717) is 17.6 Å². The average molecular weight is 257 g/mol. The lowest BCUT2D eigenvalue weighted by atomic mass is 10.2. The molecule has 0 bridgehead atoms. The summed E-state index contributed by atoms with van der Waals surface area (Å²) in [7, 11) is 0. The molecule has 0 heterocycles. The Kier molecular flexibility index (Phi) is 3.56. The predicted octanol–water partition coefficient (Wildman–Crippen LogP) is 3.51. The van der Waals surface area contributed by atoms with E-state index in [2.05, 4.69) is 0 Å². The first-order valence-electron chi connectivity index (χ1n) is 5.59. The number of nitrogens with zero attached hydrogens (tertiary/aromatic N) is 1. The van der Waals surface area contributed by atoms with Gasteiger partial charge >= 0.3 is 5.69 Å². The van der Waals surface area contributed by atoms with E-state index in [1.165, 1.54) is 6.07 Å². The van der Waals surface area contributed by atoms with Crippen LogP contribution in [0.2, 0.25) is 0 Å². The summed E-state index contributed by atoms with van der Waals surface area (Å²) in [4.78, 5) is 21.3. The monoisotopic (exact) mass is 257 g/mol. The standard InChI is InChI=1S/C14H11NO4/c1-10-6-7-12(15(17)18)14(8-10)19-13-5-3-2-4-11(13)9-16/h2-9H,1H3. The predicted molar refractivity (Wildman–Crippen MR) is 69.7 cm³/mol. The molecule has 5 heteroatoms. The lowest BCUT2D eigenvalue weighted by Crippen LogP contribution is -1.96. The van der Waals surface area contributed by atoms with Crippen LogP contribution in [-0.4, -0.2) is 11.2 Å². The minimum atomic E-state index is -0.516. The van der Waals surface area contributed by atoms with Gasteiger partial charge in [-0.1, -0.05) is 18.2 Å². The summed E-state index contributed by atoms with van der Waals surface area (Å²) < 4.78 is 5.50. The van der Waals surface area contributed by atoms with Crippen LogP contribution in [0, 0.1) is 17.0 Å². The molecule has 0 aromatic heterocycles. The first-order chi connectivity index (χ1) is 9.11. The Labute approximate surface area is 109 Å². The van der Waals surface area contributed by atoms with E-state index >= 15 is 0 Å². The number of para-hydroxylation sites is 1. The number of nitro benzene ring substituents is 1. The molecule has 19 heavy (non-hydrogen) atoms. The molecule has 0 aliphatic rings. The third-order valence-corrected chi connectivity index (χ3v) is 2.58. The van der Waals surface area contributed by atoms with E-state index in [1.54, 1.807) is 36.4 Å².